The molecule has 2 aromatic rings. The standard InChI is InChI=1S/C20H28N4O4/c1-5-8-24-17(25)15-13-14(6-7-16(15)21-18(24)26)22-9-11-23(12-10-22)19(27)28-20(2,3)4/h6-7,13H,5,8-12H2,1-4H3,(H,21,26). The molecule has 2 heterocycles. The second-order valence-corrected chi connectivity index (χ2v) is 8.07. The van der Waals surface area contributed by atoms with Gasteiger partial charge in [-0.05, 0) is 45.4 Å². The van der Waals surface area contributed by atoms with Gasteiger partial charge in [-0.25, -0.2) is 9.59 Å². The second kappa shape index (κ2) is 7.69. The number of amides is 1. The van der Waals surface area contributed by atoms with Gasteiger partial charge in [-0.2, -0.15) is 0 Å². The molecule has 1 saturated heterocycles. The number of hydrogen-bond donors (Lipinski definition) is 1. The van der Waals surface area contributed by atoms with Crippen LogP contribution in [0.2, 0.25) is 0 Å². The molecule has 0 atom stereocenters. The van der Waals surface area contributed by atoms with E-state index < -0.39 is 5.60 Å². The lowest BCUT2D eigenvalue weighted by Crippen LogP contribution is -2.50. The summed E-state index contributed by atoms with van der Waals surface area (Å²) in [4.78, 5) is 43.6. The Labute approximate surface area is 163 Å². The molecule has 1 fully saturated rings. The molecule has 8 nitrogen and oxygen atoms in total. The van der Waals surface area contributed by atoms with E-state index in [2.05, 4.69) is 9.88 Å². The van der Waals surface area contributed by atoms with Crippen molar-refractivity contribution in [2.45, 2.75) is 46.3 Å². The van der Waals surface area contributed by atoms with E-state index in [1.165, 1.54) is 4.57 Å². The highest BCUT2D eigenvalue weighted by molar-refractivity contribution is 5.81. The second-order valence-electron chi connectivity index (χ2n) is 8.07. The number of hydrogen-bond acceptors (Lipinski definition) is 5. The van der Waals surface area contributed by atoms with Gasteiger partial charge in [0.2, 0.25) is 0 Å². The van der Waals surface area contributed by atoms with Gasteiger partial charge < -0.3 is 19.5 Å². The first kappa shape index (κ1) is 20.0. The Bertz CT molecular complexity index is 978. The monoisotopic (exact) mass is 388 g/mol. The van der Waals surface area contributed by atoms with Crippen molar-refractivity contribution in [1.82, 2.24) is 14.5 Å². The Morgan fingerprint density at radius 1 is 1.14 bits per heavy atom. The minimum atomic E-state index is -0.512. The van der Waals surface area contributed by atoms with Crippen LogP contribution in [0.15, 0.2) is 27.8 Å². The van der Waals surface area contributed by atoms with Crippen LogP contribution < -0.4 is 16.1 Å². The average Bonchev–Trinajstić information content (AvgIpc) is 2.64. The first-order valence-electron chi connectivity index (χ1n) is 9.69. The fourth-order valence-electron chi connectivity index (χ4n) is 3.34. The van der Waals surface area contributed by atoms with Crippen molar-refractivity contribution in [3.05, 3.63) is 39.0 Å². The van der Waals surface area contributed by atoms with Crippen molar-refractivity contribution in [3.63, 3.8) is 0 Å². The number of carbonyl (C=O) groups excluding carboxylic acids is 1. The van der Waals surface area contributed by atoms with Gasteiger partial charge in [0.15, 0.2) is 0 Å². The number of piperazine rings is 1. The van der Waals surface area contributed by atoms with Crippen LogP contribution in [0, 0.1) is 0 Å². The van der Waals surface area contributed by atoms with Gasteiger partial charge in [-0.1, -0.05) is 6.92 Å². The van der Waals surface area contributed by atoms with E-state index >= 15 is 0 Å². The third-order valence-corrected chi connectivity index (χ3v) is 4.71. The van der Waals surface area contributed by atoms with Gasteiger partial charge >= 0.3 is 11.8 Å². The SMILES string of the molecule is CCCn1c(=O)[nH]c2ccc(N3CCN(C(=O)OC(C)(C)C)CC3)cc2c1=O. The van der Waals surface area contributed by atoms with Crippen LogP contribution in [0.25, 0.3) is 10.9 Å². The summed E-state index contributed by atoms with van der Waals surface area (Å²) in [5.41, 5.74) is 0.289. The quantitative estimate of drug-likeness (QED) is 0.871. The fourth-order valence-corrected chi connectivity index (χ4v) is 3.34. The summed E-state index contributed by atoms with van der Waals surface area (Å²) < 4.78 is 6.67. The number of nitrogens with one attached hydrogen (secondary N) is 1. The molecule has 28 heavy (non-hydrogen) atoms. The summed E-state index contributed by atoms with van der Waals surface area (Å²) in [5.74, 6) is 0. The summed E-state index contributed by atoms with van der Waals surface area (Å²) in [7, 11) is 0. The molecule has 1 aliphatic rings. The number of aromatic amines is 1. The van der Waals surface area contributed by atoms with E-state index in [9.17, 15) is 14.4 Å². The van der Waals surface area contributed by atoms with Gasteiger partial charge in [-0.15, -0.1) is 0 Å². The van der Waals surface area contributed by atoms with Gasteiger partial charge in [-0.3, -0.25) is 9.36 Å². The lowest BCUT2D eigenvalue weighted by atomic mass is 10.2. The van der Waals surface area contributed by atoms with Crippen molar-refractivity contribution in [2.75, 3.05) is 31.1 Å². The Morgan fingerprint density at radius 2 is 1.82 bits per heavy atom. The number of ether oxygens (including phenoxy) is 1. The van der Waals surface area contributed by atoms with Crippen molar-refractivity contribution >= 4 is 22.7 Å². The smallest absolute Gasteiger partial charge is 0.410 e. The highest BCUT2D eigenvalue weighted by Gasteiger charge is 2.26. The zero-order valence-corrected chi connectivity index (χ0v) is 16.9. The molecule has 0 aliphatic carbocycles. The number of benzene rings is 1. The van der Waals surface area contributed by atoms with E-state index in [1.54, 1.807) is 11.0 Å². The van der Waals surface area contributed by atoms with Crippen LogP contribution in [0.4, 0.5) is 10.5 Å². The predicted octanol–water partition coefficient (Wildman–Crippen LogP) is 2.16. The van der Waals surface area contributed by atoms with Crippen molar-refractivity contribution in [3.8, 4) is 0 Å². The molecule has 1 N–H and O–H groups in total. The van der Waals surface area contributed by atoms with Crippen LogP contribution in [0.1, 0.15) is 34.1 Å². The predicted molar refractivity (Wildman–Crippen MR) is 109 cm³/mol. The summed E-state index contributed by atoms with van der Waals surface area (Å²) >= 11 is 0. The summed E-state index contributed by atoms with van der Waals surface area (Å²) in [5, 5.41) is 0.500. The van der Waals surface area contributed by atoms with E-state index in [4.69, 9.17) is 4.74 Å². The molecule has 0 bridgehead atoms. The maximum atomic E-state index is 12.7. The number of carbonyl (C=O) groups is 1. The first-order chi connectivity index (χ1) is 13.2. The number of anilines is 1. The largest absolute Gasteiger partial charge is 0.444 e. The van der Waals surface area contributed by atoms with Crippen molar-refractivity contribution < 1.29 is 9.53 Å². The number of H-pyrrole nitrogens is 1. The van der Waals surface area contributed by atoms with Crippen molar-refractivity contribution in [1.29, 1.82) is 0 Å². The minimum Gasteiger partial charge on any atom is -0.444 e. The Kier molecular flexibility index (Phi) is 5.49. The Balaban J connectivity index is 1.79. The molecular formula is C20H28N4O4. The molecule has 1 aromatic carbocycles. The zero-order chi connectivity index (χ0) is 20.5. The van der Waals surface area contributed by atoms with E-state index in [0.29, 0.717) is 50.0 Å². The number of fused-ring (bicyclic) bond motifs is 1. The van der Waals surface area contributed by atoms with E-state index in [1.807, 2.05) is 39.8 Å². The zero-order valence-electron chi connectivity index (χ0n) is 16.9. The molecule has 1 aromatic heterocycles. The molecule has 152 valence electrons. The normalized spacial score (nSPS) is 15.1. The molecule has 1 aliphatic heterocycles. The van der Waals surface area contributed by atoms with E-state index in [-0.39, 0.29) is 17.3 Å². The molecule has 3 rings (SSSR count). The molecule has 1 amide bonds. The summed E-state index contributed by atoms with van der Waals surface area (Å²) in [6, 6.07) is 5.48. The molecule has 0 radical (unpaired) electrons. The number of nitrogens with zero attached hydrogens (tertiary/aromatic N) is 3. The van der Waals surface area contributed by atoms with Gasteiger partial charge in [0, 0.05) is 38.4 Å². The molecule has 0 unspecified atom stereocenters. The third-order valence-electron chi connectivity index (χ3n) is 4.71. The maximum absolute atomic E-state index is 12.7. The van der Waals surface area contributed by atoms with Crippen LogP contribution in [0.5, 0.6) is 0 Å². The summed E-state index contributed by atoms with van der Waals surface area (Å²) in [6.07, 6.45) is 0.409. The van der Waals surface area contributed by atoms with Crippen LogP contribution in [0.3, 0.4) is 0 Å². The number of rotatable bonds is 3. The topological polar surface area (TPSA) is 87.6 Å². The van der Waals surface area contributed by atoms with Crippen LogP contribution >= 0.6 is 0 Å². The van der Waals surface area contributed by atoms with Crippen molar-refractivity contribution in [2.24, 2.45) is 0 Å². The third kappa shape index (κ3) is 4.21. The van der Waals surface area contributed by atoms with Crippen LogP contribution in [-0.2, 0) is 11.3 Å². The number of aromatic nitrogens is 2. The average molecular weight is 388 g/mol. The van der Waals surface area contributed by atoms with Gasteiger partial charge in [0.1, 0.15) is 5.60 Å². The first-order valence-corrected chi connectivity index (χ1v) is 9.69. The highest BCUT2D eigenvalue weighted by atomic mass is 16.6. The fraction of sp³-hybridized carbons (Fsp3) is 0.550. The maximum Gasteiger partial charge on any atom is 0.410 e. The Morgan fingerprint density at radius 3 is 2.43 bits per heavy atom. The minimum absolute atomic E-state index is 0.269. The highest BCUT2D eigenvalue weighted by Crippen LogP contribution is 2.21. The van der Waals surface area contributed by atoms with Gasteiger partial charge in [0.05, 0.1) is 10.9 Å². The molecule has 8 heteroatoms. The lowest BCUT2D eigenvalue weighted by molar-refractivity contribution is 0.0240. The molecule has 0 saturated carbocycles. The summed E-state index contributed by atoms with van der Waals surface area (Å²) in [6.45, 7) is 10.3. The van der Waals surface area contributed by atoms with Gasteiger partial charge in [0.25, 0.3) is 5.56 Å². The van der Waals surface area contributed by atoms with E-state index in [0.717, 1.165) is 5.69 Å². The Hall–Kier alpha value is -2.77. The molecular weight excluding hydrogens is 360 g/mol. The molecule has 0 spiro atoms. The lowest BCUT2D eigenvalue weighted by Gasteiger charge is -2.36. The van der Waals surface area contributed by atoms with Crippen LogP contribution in [-0.4, -0.2) is 52.3 Å².